The van der Waals surface area contributed by atoms with Gasteiger partial charge in [-0.05, 0) is 55.3 Å². The molecule has 0 spiro atoms. The van der Waals surface area contributed by atoms with Crippen molar-refractivity contribution in [1.29, 1.82) is 0 Å². The van der Waals surface area contributed by atoms with Gasteiger partial charge in [-0.2, -0.15) is 0 Å². The van der Waals surface area contributed by atoms with Gasteiger partial charge in [0.2, 0.25) is 15.7 Å². The summed E-state index contributed by atoms with van der Waals surface area (Å²) >= 11 is 6.07. The number of aromatic amines is 1. The third-order valence-electron chi connectivity index (χ3n) is 4.55. The SMILES string of the molecule is Cc1cc(C)cc(S(=O)(=O)c2c(C(=O)NC(CO)C(N)=O)[nH]c3ccc(Cl)cc23)c1. The molecule has 1 unspecified atom stereocenters. The van der Waals surface area contributed by atoms with Crippen molar-refractivity contribution in [3.05, 3.63) is 58.2 Å². The summed E-state index contributed by atoms with van der Waals surface area (Å²) < 4.78 is 27.1. The molecular weight excluding hydrogens is 430 g/mol. The van der Waals surface area contributed by atoms with Crippen molar-refractivity contribution in [3.63, 3.8) is 0 Å². The molecule has 2 amide bonds. The van der Waals surface area contributed by atoms with Crippen molar-refractivity contribution >= 4 is 44.2 Å². The molecule has 0 aliphatic carbocycles. The molecule has 5 N–H and O–H groups in total. The quantitative estimate of drug-likeness (QED) is 0.454. The van der Waals surface area contributed by atoms with Gasteiger partial charge < -0.3 is 21.1 Å². The van der Waals surface area contributed by atoms with Crippen molar-refractivity contribution in [2.75, 3.05) is 6.61 Å². The Labute approximate surface area is 178 Å². The van der Waals surface area contributed by atoms with Gasteiger partial charge in [-0.25, -0.2) is 8.42 Å². The highest BCUT2D eigenvalue weighted by Crippen LogP contribution is 2.34. The van der Waals surface area contributed by atoms with E-state index in [1.165, 1.54) is 18.2 Å². The Hall–Kier alpha value is -2.88. The highest BCUT2D eigenvalue weighted by atomic mass is 35.5. The molecular formula is C20H20ClN3O5S. The second kappa shape index (κ2) is 8.10. The number of halogens is 1. The number of amides is 2. The largest absolute Gasteiger partial charge is 0.394 e. The van der Waals surface area contributed by atoms with Crippen LogP contribution in [0, 0.1) is 13.8 Å². The lowest BCUT2D eigenvalue weighted by Gasteiger charge is -2.13. The average molecular weight is 450 g/mol. The summed E-state index contributed by atoms with van der Waals surface area (Å²) in [6.45, 7) is 2.81. The fourth-order valence-electron chi connectivity index (χ4n) is 3.22. The molecule has 1 heterocycles. The van der Waals surface area contributed by atoms with Gasteiger partial charge in [0.05, 0.1) is 11.5 Å². The molecule has 30 heavy (non-hydrogen) atoms. The first-order valence-corrected chi connectivity index (χ1v) is 10.8. The van der Waals surface area contributed by atoms with Crippen LogP contribution in [0.25, 0.3) is 10.9 Å². The average Bonchev–Trinajstić information content (AvgIpc) is 3.04. The predicted octanol–water partition coefficient (Wildman–Crippen LogP) is 1.85. The summed E-state index contributed by atoms with van der Waals surface area (Å²) in [5.74, 6) is -1.85. The summed E-state index contributed by atoms with van der Waals surface area (Å²) in [6.07, 6.45) is 0. The number of fused-ring (bicyclic) bond motifs is 1. The summed E-state index contributed by atoms with van der Waals surface area (Å²) in [4.78, 5) is 26.8. The molecule has 3 rings (SSSR count). The minimum atomic E-state index is -4.15. The van der Waals surface area contributed by atoms with Crippen LogP contribution in [-0.4, -0.2) is 43.0 Å². The number of aryl methyl sites for hydroxylation is 2. The first-order chi connectivity index (χ1) is 14.0. The predicted molar refractivity (Wildman–Crippen MR) is 112 cm³/mol. The third-order valence-corrected chi connectivity index (χ3v) is 6.60. The molecule has 158 valence electrons. The van der Waals surface area contributed by atoms with Gasteiger partial charge in [0.1, 0.15) is 16.6 Å². The number of aliphatic hydroxyl groups excluding tert-OH is 1. The molecule has 0 saturated carbocycles. The summed E-state index contributed by atoms with van der Waals surface area (Å²) in [6, 6.07) is 8.02. The maximum atomic E-state index is 13.6. The van der Waals surface area contributed by atoms with Gasteiger partial charge in [0.25, 0.3) is 5.91 Å². The molecule has 0 aliphatic heterocycles. The number of carbonyl (C=O) groups is 2. The van der Waals surface area contributed by atoms with Gasteiger partial charge in [-0.3, -0.25) is 9.59 Å². The third kappa shape index (κ3) is 4.04. The fourth-order valence-corrected chi connectivity index (χ4v) is 5.18. The van der Waals surface area contributed by atoms with E-state index in [0.717, 1.165) is 11.1 Å². The number of hydrogen-bond donors (Lipinski definition) is 4. The minimum absolute atomic E-state index is 0.0172. The molecule has 0 saturated heterocycles. The topological polar surface area (TPSA) is 142 Å². The van der Waals surface area contributed by atoms with Crippen molar-refractivity contribution in [1.82, 2.24) is 10.3 Å². The fraction of sp³-hybridized carbons (Fsp3) is 0.200. The van der Waals surface area contributed by atoms with Crippen LogP contribution in [0.3, 0.4) is 0 Å². The van der Waals surface area contributed by atoms with Gasteiger partial charge >= 0.3 is 0 Å². The molecule has 2 aromatic carbocycles. The molecule has 10 heteroatoms. The highest BCUT2D eigenvalue weighted by Gasteiger charge is 2.31. The Balaban J connectivity index is 2.26. The number of aliphatic hydroxyl groups is 1. The van der Waals surface area contributed by atoms with Crippen LogP contribution in [0.2, 0.25) is 5.02 Å². The van der Waals surface area contributed by atoms with Gasteiger partial charge in [0, 0.05) is 15.9 Å². The number of primary amides is 1. The van der Waals surface area contributed by atoms with Crippen molar-refractivity contribution in [2.45, 2.75) is 29.7 Å². The molecule has 1 aromatic heterocycles. The van der Waals surface area contributed by atoms with E-state index in [-0.39, 0.29) is 25.9 Å². The van der Waals surface area contributed by atoms with Crippen molar-refractivity contribution in [2.24, 2.45) is 5.73 Å². The number of carbonyl (C=O) groups excluding carboxylic acids is 2. The minimum Gasteiger partial charge on any atom is -0.394 e. The van der Waals surface area contributed by atoms with E-state index in [1.807, 2.05) is 6.07 Å². The Morgan fingerprint density at radius 2 is 1.80 bits per heavy atom. The lowest BCUT2D eigenvalue weighted by molar-refractivity contribution is -0.120. The number of benzene rings is 2. The number of nitrogens with two attached hydrogens (primary N) is 1. The summed E-state index contributed by atoms with van der Waals surface area (Å²) in [7, 11) is -4.15. The smallest absolute Gasteiger partial charge is 0.269 e. The van der Waals surface area contributed by atoms with Crippen LogP contribution in [0.4, 0.5) is 0 Å². The standard InChI is InChI=1S/C20H20ClN3O5S/c1-10-5-11(2)7-13(6-10)30(28,29)18-14-8-12(21)3-4-15(14)23-17(18)20(27)24-16(9-25)19(22)26/h3-8,16,23,25H,9H2,1-2H3,(H2,22,26)(H,24,27). The second-order valence-electron chi connectivity index (χ2n) is 6.96. The Morgan fingerprint density at radius 3 is 2.37 bits per heavy atom. The number of hydrogen-bond acceptors (Lipinski definition) is 5. The lowest BCUT2D eigenvalue weighted by atomic mass is 10.2. The van der Waals surface area contributed by atoms with Crippen LogP contribution in [0.1, 0.15) is 21.6 Å². The maximum absolute atomic E-state index is 13.6. The van der Waals surface area contributed by atoms with Gasteiger partial charge in [-0.15, -0.1) is 0 Å². The Morgan fingerprint density at radius 1 is 1.17 bits per heavy atom. The number of nitrogens with one attached hydrogen (secondary N) is 2. The monoisotopic (exact) mass is 449 g/mol. The second-order valence-corrected chi connectivity index (χ2v) is 9.28. The Bertz CT molecular complexity index is 1250. The molecule has 0 fully saturated rings. The Kier molecular flexibility index (Phi) is 5.89. The zero-order chi connectivity index (χ0) is 22.2. The molecule has 8 nitrogen and oxygen atoms in total. The molecule has 3 aromatic rings. The normalized spacial score (nSPS) is 12.7. The molecule has 0 bridgehead atoms. The van der Waals surface area contributed by atoms with Gasteiger partial charge in [0.15, 0.2) is 0 Å². The van der Waals surface area contributed by atoms with E-state index in [2.05, 4.69) is 10.3 Å². The summed E-state index contributed by atoms with van der Waals surface area (Å²) in [5, 5.41) is 12.0. The maximum Gasteiger partial charge on any atom is 0.269 e. The van der Waals surface area contributed by atoms with Crippen molar-refractivity contribution < 1.29 is 23.1 Å². The lowest BCUT2D eigenvalue weighted by Crippen LogP contribution is -2.47. The van der Waals surface area contributed by atoms with Crippen LogP contribution in [0.5, 0.6) is 0 Å². The van der Waals surface area contributed by atoms with E-state index in [4.69, 9.17) is 17.3 Å². The van der Waals surface area contributed by atoms with E-state index < -0.39 is 34.3 Å². The molecule has 1 atom stereocenters. The first kappa shape index (κ1) is 21.8. The molecule has 0 aliphatic rings. The van der Waals surface area contributed by atoms with Crippen LogP contribution in [0.15, 0.2) is 46.2 Å². The van der Waals surface area contributed by atoms with Crippen LogP contribution < -0.4 is 11.1 Å². The summed E-state index contributed by atoms with van der Waals surface area (Å²) in [5.41, 5.74) is 6.72. The van der Waals surface area contributed by atoms with E-state index in [1.54, 1.807) is 26.0 Å². The molecule has 0 radical (unpaired) electrons. The first-order valence-electron chi connectivity index (χ1n) is 8.90. The van der Waals surface area contributed by atoms with Crippen LogP contribution >= 0.6 is 11.6 Å². The highest BCUT2D eigenvalue weighted by molar-refractivity contribution is 7.91. The zero-order valence-corrected chi connectivity index (χ0v) is 17.8. The van der Waals surface area contributed by atoms with E-state index >= 15 is 0 Å². The number of sulfone groups is 1. The number of aromatic nitrogens is 1. The van der Waals surface area contributed by atoms with Crippen LogP contribution in [-0.2, 0) is 14.6 Å². The van der Waals surface area contributed by atoms with Crippen molar-refractivity contribution in [3.8, 4) is 0 Å². The van der Waals surface area contributed by atoms with E-state index in [0.29, 0.717) is 5.52 Å². The number of rotatable bonds is 6. The zero-order valence-electron chi connectivity index (χ0n) is 16.2. The van der Waals surface area contributed by atoms with Gasteiger partial charge in [-0.1, -0.05) is 17.7 Å². The number of H-pyrrole nitrogens is 1. The van der Waals surface area contributed by atoms with E-state index in [9.17, 15) is 23.1 Å².